The van der Waals surface area contributed by atoms with E-state index >= 15 is 0 Å². The molecule has 1 aromatic rings. The molecule has 0 aliphatic carbocycles. The fourth-order valence-electron chi connectivity index (χ4n) is 1.73. The van der Waals surface area contributed by atoms with Gasteiger partial charge in [-0.3, -0.25) is 14.9 Å². The maximum Gasteiger partial charge on any atom is 0.249 e. The van der Waals surface area contributed by atoms with Crippen LogP contribution in [0.5, 0.6) is 0 Å². The Morgan fingerprint density at radius 1 is 1.32 bits per heavy atom. The molecule has 0 spiro atoms. The van der Waals surface area contributed by atoms with E-state index < -0.39 is 23.6 Å². The summed E-state index contributed by atoms with van der Waals surface area (Å²) in [7, 11) is 0. The average molecular weight is 292 g/mol. The topological polar surface area (TPSA) is 84.2 Å². The number of piperidine rings is 1. The molecule has 0 saturated carbocycles. The van der Waals surface area contributed by atoms with Crippen LogP contribution in [0.25, 0.3) is 0 Å². The number of hydrogen-bond acceptors (Lipinski definition) is 4. The molecular formula is C11H12ClF2N3O2. The van der Waals surface area contributed by atoms with Crippen LogP contribution in [0, 0.1) is 11.6 Å². The van der Waals surface area contributed by atoms with Crippen LogP contribution in [-0.2, 0) is 9.59 Å². The zero-order chi connectivity index (χ0) is 13.3. The Morgan fingerprint density at radius 3 is 2.58 bits per heavy atom. The summed E-state index contributed by atoms with van der Waals surface area (Å²) in [6, 6.07) is 1.45. The van der Waals surface area contributed by atoms with Gasteiger partial charge in [0.15, 0.2) is 11.6 Å². The van der Waals surface area contributed by atoms with Crippen molar-refractivity contribution in [2.75, 3.05) is 11.1 Å². The summed E-state index contributed by atoms with van der Waals surface area (Å²) in [6.07, 6.45) is 0.492. The van der Waals surface area contributed by atoms with Crippen LogP contribution >= 0.6 is 12.4 Å². The number of amides is 2. The van der Waals surface area contributed by atoms with Crippen molar-refractivity contribution in [3.05, 3.63) is 23.8 Å². The summed E-state index contributed by atoms with van der Waals surface area (Å²) in [5, 5.41) is 4.86. The van der Waals surface area contributed by atoms with Gasteiger partial charge in [0, 0.05) is 18.2 Å². The van der Waals surface area contributed by atoms with Gasteiger partial charge < -0.3 is 11.1 Å². The number of carbonyl (C=O) groups excluding carboxylic acids is 2. The number of nitrogen functional groups attached to an aromatic ring is 1. The summed E-state index contributed by atoms with van der Waals surface area (Å²) in [6.45, 7) is 0. The first kappa shape index (κ1) is 15.2. The maximum absolute atomic E-state index is 13.1. The Hall–Kier alpha value is -1.89. The molecule has 1 aliphatic rings. The standard InChI is InChI=1S/C11H11F2N3O2.ClH/c12-6-3-5(4-7(14)10(6)13)15-8-1-2-9(17)16-11(8)18;/h3-4,8,15H,1-2,14H2,(H,16,17,18);1H. The Kier molecular flexibility index (Phi) is 4.66. The molecule has 5 nitrogen and oxygen atoms in total. The molecule has 0 aromatic heterocycles. The average Bonchev–Trinajstić information content (AvgIpc) is 2.29. The van der Waals surface area contributed by atoms with E-state index in [-0.39, 0.29) is 36.1 Å². The number of anilines is 2. The Morgan fingerprint density at radius 2 is 2.00 bits per heavy atom. The minimum absolute atomic E-state index is 0. The molecule has 2 amide bonds. The fourth-order valence-corrected chi connectivity index (χ4v) is 1.73. The predicted octanol–water partition coefficient (Wildman–Crippen LogP) is 1.19. The molecule has 1 unspecified atom stereocenters. The zero-order valence-corrected chi connectivity index (χ0v) is 10.5. The second-order valence-corrected chi connectivity index (χ2v) is 4.01. The third kappa shape index (κ3) is 3.31. The van der Waals surface area contributed by atoms with Gasteiger partial charge in [-0.25, -0.2) is 8.78 Å². The highest BCUT2D eigenvalue weighted by Crippen LogP contribution is 2.22. The van der Waals surface area contributed by atoms with Gasteiger partial charge in [0.05, 0.1) is 5.69 Å². The Labute approximate surface area is 113 Å². The van der Waals surface area contributed by atoms with Crippen LogP contribution in [0.4, 0.5) is 20.2 Å². The number of imide groups is 1. The minimum Gasteiger partial charge on any atom is -0.396 e. The van der Waals surface area contributed by atoms with Crippen LogP contribution in [-0.4, -0.2) is 17.9 Å². The molecule has 8 heteroatoms. The van der Waals surface area contributed by atoms with Crippen molar-refractivity contribution >= 4 is 35.6 Å². The molecule has 1 aliphatic heterocycles. The second-order valence-electron chi connectivity index (χ2n) is 4.01. The Bertz CT molecular complexity index is 502. The molecule has 1 saturated heterocycles. The number of nitrogens with one attached hydrogen (secondary N) is 2. The van der Waals surface area contributed by atoms with E-state index in [1.807, 2.05) is 0 Å². The molecule has 1 atom stereocenters. The van der Waals surface area contributed by atoms with Crippen molar-refractivity contribution in [2.24, 2.45) is 0 Å². The van der Waals surface area contributed by atoms with Crippen molar-refractivity contribution < 1.29 is 18.4 Å². The largest absolute Gasteiger partial charge is 0.396 e. The molecule has 1 fully saturated rings. The van der Waals surface area contributed by atoms with Crippen LogP contribution in [0.15, 0.2) is 12.1 Å². The van der Waals surface area contributed by atoms with E-state index in [0.717, 1.165) is 6.07 Å². The van der Waals surface area contributed by atoms with Crippen molar-refractivity contribution in [1.82, 2.24) is 5.32 Å². The third-order valence-electron chi connectivity index (χ3n) is 2.64. The molecule has 4 N–H and O–H groups in total. The summed E-state index contributed by atoms with van der Waals surface area (Å²) in [5.74, 6) is -3.05. The van der Waals surface area contributed by atoms with E-state index in [2.05, 4.69) is 10.6 Å². The molecule has 2 rings (SSSR count). The SMILES string of the molecule is Cl.Nc1cc(NC2CCC(=O)NC2=O)cc(F)c1F. The first-order chi connectivity index (χ1) is 8.47. The van der Waals surface area contributed by atoms with Gasteiger partial charge in [0.25, 0.3) is 0 Å². The number of carbonyl (C=O) groups is 2. The number of nitrogens with two attached hydrogens (primary N) is 1. The lowest BCUT2D eigenvalue weighted by molar-refractivity contribution is -0.133. The first-order valence-corrected chi connectivity index (χ1v) is 5.32. The van der Waals surface area contributed by atoms with Gasteiger partial charge in [-0.05, 0) is 12.5 Å². The summed E-state index contributed by atoms with van der Waals surface area (Å²) >= 11 is 0. The summed E-state index contributed by atoms with van der Waals surface area (Å²) in [4.78, 5) is 22.4. The first-order valence-electron chi connectivity index (χ1n) is 5.32. The van der Waals surface area contributed by atoms with Gasteiger partial charge in [-0.1, -0.05) is 0 Å². The number of rotatable bonds is 2. The van der Waals surface area contributed by atoms with E-state index in [1.54, 1.807) is 0 Å². The number of benzene rings is 1. The summed E-state index contributed by atoms with van der Waals surface area (Å²) in [5.41, 5.74) is 5.13. The van der Waals surface area contributed by atoms with E-state index in [0.29, 0.717) is 6.42 Å². The molecular weight excluding hydrogens is 280 g/mol. The van der Waals surface area contributed by atoms with Crippen molar-refractivity contribution in [3.8, 4) is 0 Å². The van der Waals surface area contributed by atoms with Gasteiger partial charge in [-0.2, -0.15) is 0 Å². The van der Waals surface area contributed by atoms with Crippen molar-refractivity contribution in [1.29, 1.82) is 0 Å². The van der Waals surface area contributed by atoms with Crippen LogP contribution in [0.1, 0.15) is 12.8 Å². The van der Waals surface area contributed by atoms with Crippen LogP contribution < -0.4 is 16.4 Å². The number of hydrogen-bond donors (Lipinski definition) is 3. The lowest BCUT2D eigenvalue weighted by Gasteiger charge is -2.23. The highest BCUT2D eigenvalue weighted by molar-refractivity contribution is 6.01. The molecule has 1 heterocycles. The van der Waals surface area contributed by atoms with Gasteiger partial charge in [0.2, 0.25) is 11.8 Å². The quantitative estimate of drug-likeness (QED) is 0.564. The molecule has 1 aromatic carbocycles. The monoisotopic (exact) mass is 291 g/mol. The molecule has 0 bridgehead atoms. The van der Waals surface area contributed by atoms with Gasteiger partial charge in [0.1, 0.15) is 6.04 Å². The summed E-state index contributed by atoms with van der Waals surface area (Å²) < 4.78 is 26.1. The second kappa shape index (κ2) is 5.83. The van der Waals surface area contributed by atoms with E-state index in [1.165, 1.54) is 6.07 Å². The van der Waals surface area contributed by atoms with Crippen LogP contribution in [0.3, 0.4) is 0 Å². The Balaban J connectivity index is 0.00000180. The predicted molar refractivity (Wildman–Crippen MR) is 67.8 cm³/mol. The third-order valence-corrected chi connectivity index (χ3v) is 2.64. The van der Waals surface area contributed by atoms with Crippen molar-refractivity contribution in [3.63, 3.8) is 0 Å². The molecule has 19 heavy (non-hydrogen) atoms. The highest BCUT2D eigenvalue weighted by Gasteiger charge is 2.26. The number of halogens is 3. The molecule has 0 radical (unpaired) electrons. The van der Waals surface area contributed by atoms with Gasteiger partial charge in [-0.15, -0.1) is 12.4 Å². The highest BCUT2D eigenvalue weighted by atomic mass is 35.5. The smallest absolute Gasteiger partial charge is 0.249 e. The zero-order valence-electron chi connectivity index (χ0n) is 9.70. The van der Waals surface area contributed by atoms with Gasteiger partial charge >= 0.3 is 0 Å². The lowest BCUT2D eigenvalue weighted by atomic mass is 10.1. The lowest BCUT2D eigenvalue weighted by Crippen LogP contribution is -2.47. The van der Waals surface area contributed by atoms with Crippen molar-refractivity contribution in [2.45, 2.75) is 18.9 Å². The fraction of sp³-hybridized carbons (Fsp3) is 0.273. The van der Waals surface area contributed by atoms with Crippen LogP contribution in [0.2, 0.25) is 0 Å². The maximum atomic E-state index is 13.1. The van der Waals surface area contributed by atoms with E-state index in [4.69, 9.17) is 5.73 Å². The van der Waals surface area contributed by atoms with E-state index in [9.17, 15) is 18.4 Å². The normalized spacial score (nSPS) is 18.5. The minimum atomic E-state index is -1.12. The molecule has 104 valence electrons.